The van der Waals surface area contributed by atoms with Gasteiger partial charge in [-0.2, -0.15) is 0 Å². The molecule has 2 rings (SSSR count). The van der Waals surface area contributed by atoms with E-state index < -0.39 is 0 Å². The summed E-state index contributed by atoms with van der Waals surface area (Å²) in [6.07, 6.45) is 1.93. The van der Waals surface area contributed by atoms with Gasteiger partial charge in [-0.15, -0.1) is 0 Å². The van der Waals surface area contributed by atoms with Crippen molar-refractivity contribution in [3.8, 4) is 5.75 Å². The molecule has 1 amide bonds. The Kier molecular flexibility index (Phi) is 5.21. The van der Waals surface area contributed by atoms with E-state index in [1.165, 1.54) is 0 Å². The molecule has 1 aliphatic heterocycles. The average molecular weight is 262 g/mol. The fourth-order valence-electron chi connectivity index (χ4n) is 2.26. The largest absolute Gasteiger partial charge is 0.483 e. The van der Waals surface area contributed by atoms with E-state index in [9.17, 15) is 4.79 Å². The Morgan fingerprint density at radius 2 is 2.16 bits per heavy atom. The number of nitrogens with zero attached hydrogens (tertiary/aromatic N) is 1. The van der Waals surface area contributed by atoms with E-state index in [0.717, 1.165) is 50.3 Å². The maximum atomic E-state index is 12.1. The lowest BCUT2D eigenvalue weighted by molar-refractivity contribution is -0.133. The molecule has 1 N–H and O–H groups in total. The van der Waals surface area contributed by atoms with E-state index in [4.69, 9.17) is 4.74 Å². The highest BCUT2D eigenvalue weighted by Crippen LogP contribution is 2.18. The van der Waals surface area contributed by atoms with E-state index in [1.54, 1.807) is 0 Å². The third-order valence-electron chi connectivity index (χ3n) is 3.40. The van der Waals surface area contributed by atoms with E-state index in [-0.39, 0.29) is 12.5 Å². The van der Waals surface area contributed by atoms with Crippen LogP contribution in [0.3, 0.4) is 0 Å². The van der Waals surface area contributed by atoms with Crippen LogP contribution in [0.15, 0.2) is 24.3 Å². The highest BCUT2D eigenvalue weighted by Gasteiger charge is 2.15. The third-order valence-corrected chi connectivity index (χ3v) is 3.40. The fourth-order valence-corrected chi connectivity index (χ4v) is 2.26. The van der Waals surface area contributed by atoms with Crippen molar-refractivity contribution in [2.24, 2.45) is 0 Å². The minimum atomic E-state index is 0.0783. The van der Waals surface area contributed by atoms with Gasteiger partial charge in [-0.1, -0.05) is 25.1 Å². The van der Waals surface area contributed by atoms with Crippen molar-refractivity contribution in [1.82, 2.24) is 10.2 Å². The van der Waals surface area contributed by atoms with E-state index >= 15 is 0 Å². The van der Waals surface area contributed by atoms with Gasteiger partial charge in [0.25, 0.3) is 5.91 Å². The zero-order valence-electron chi connectivity index (χ0n) is 11.5. The standard InChI is InChI=1S/C15H22N2O2/c1-2-13-6-3-4-7-14(13)19-12-15(18)17-10-5-8-16-9-11-17/h3-4,6-7,16H,2,5,8-12H2,1H3. The summed E-state index contributed by atoms with van der Waals surface area (Å²) in [5.41, 5.74) is 1.15. The normalized spacial score (nSPS) is 15.9. The van der Waals surface area contributed by atoms with Crippen molar-refractivity contribution in [2.75, 3.05) is 32.8 Å². The Balaban J connectivity index is 1.88. The Bertz CT molecular complexity index is 412. The number of carbonyl (C=O) groups is 1. The van der Waals surface area contributed by atoms with E-state index in [2.05, 4.69) is 12.2 Å². The van der Waals surface area contributed by atoms with Crippen LogP contribution >= 0.6 is 0 Å². The quantitative estimate of drug-likeness (QED) is 0.893. The molecule has 1 saturated heterocycles. The Morgan fingerprint density at radius 3 is 3.00 bits per heavy atom. The summed E-state index contributed by atoms with van der Waals surface area (Å²) in [7, 11) is 0. The number of hydrogen-bond acceptors (Lipinski definition) is 3. The van der Waals surface area contributed by atoms with Crippen LogP contribution in [0, 0.1) is 0 Å². The van der Waals surface area contributed by atoms with Crippen molar-refractivity contribution in [3.05, 3.63) is 29.8 Å². The summed E-state index contributed by atoms with van der Waals surface area (Å²) >= 11 is 0. The molecule has 0 aromatic heterocycles. The molecule has 0 aliphatic carbocycles. The SMILES string of the molecule is CCc1ccccc1OCC(=O)N1CCCNCC1. The first-order valence-corrected chi connectivity index (χ1v) is 7.00. The first-order chi connectivity index (χ1) is 9.31. The Morgan fingerprint density at radius 1 is 1.32 bits per heavy atom. The minimum absolute atomic E-state index is 0.0783. The second-order valence-electron chi connectivity index (χ2n) is 4.73. The summed E-state index contributed by atoms with van der Waals surface area (Å²) in [5, 5.41) is 3.29. The molecule has 1 fully saturated rings. The number of ether oxygens (including phenoxy) is 1. The third kappa shape index (κ3) is 3.96. The monoisotopic (exact) mass is 262 g/mol. The van der Waals surface area contributed by atoms with Crippen molar-refractivity contribution < 1.29 is 9.53 Å². The zero-order valence-corrected chi connectivity index (χ0v) is 11.5. The molecule has 0 radical (unpaired) electrons. The number of aryl methyl sites for hydroxylation is 1. The first-order valence-electron chi connectivity index (χ1n) is 7.00. The Labute approximate surface area is 114 Å². The lowest BCUT2D eigenvalue weighted by atomic mass is 10.1. The van der Waals surface area contributed by atoms with Crippen molar-refractivity contribution >= 4 is 5.91 Å². The molecular weight excluding hydrogens is 240 g/mol. The number of benzene rings is 1. The molecule has 0 bridgehead atoms. The molecule has 0 saturated carbocycles. The lowest BCUT2D eigenvalue weighted by Crippen LogP contribution is -2.37. The van der Waals surface area contributed by atoms with Crippen LogP contribution in [0.2, 0.25) is 0 Å². The molecule has 1 aliphatic rings. The van der Waals surface area contributed by atoms with Gasteiger partial charge >= 0.3 is 0 Å². The number of carbonyl (C=O) groups excluding carboxylic acids is 1. The second-order valence-corrected chi connectivity index (χ2v) is 4.73. The van der Waals surface area contributed by atoms with Crippen LogP contribution in [0.4, 0.5) is 0 Å². The van der Waals surface area contributed by atoms with E-state index in [0.29, 0.717) is 0 Å². The fraction of sp³-hybridized carbons (Fsp3) is 0.533. The van der Waals surface area contributed by atoms with Crippen LogP contribution < -0.4 is 10.1 Å². The number of rotatable bonds is 4. The summed E-state index contributed by atoms with van der Waals surface area (Å²) < 4.78 is 5.67. The lowest BCUT2D eigenvalue weighted by Gasteiger charge is -2.20. The van der Waals surface area contributed by atoms with Gasteiger partial charge in [0.05, 0.1) is 0 Å². The van der Waals surface area contributed by atoms with Gasteiger partial charge in [0.15, 0.2) is 6.61 Å². The number of para-hydroxylation sites is 1. The highest BCUT2D eigenvalue weighted by molar-refractivity contribution is 5.77. The van der Waals surface area contributed by atoms with Gasteiger partial charge < -0.3 is 15.0 Å². The molecule has 19 heavy (non-hydrogen) atoms. The zero-order chi connectivity index (χ0) is 13.5. The van der Waals surface area contributed by atoms with Gasteiger partial charge in [0.1, 0.15) is 5.75 Å². The van der Waals surface area contributed by atoms with Crippen molar-refractivity contribution in [1.29, 1.82) is 0 Å². The number of hydrogen-bond donors (Lipinski definition) is 1. The highest BCUT2D eigenvalue weighted by atomic mass is 16.5. The van der Waals surface area contributed by atoms with Gasteiger partial charge in [-0.3, -0.25) is 4.79 Å². The van der Waals surface area contributed by atoms with Gasteiger partial charge in [-0.25, -0.2) is 0 Å². The molecule has 104 valence electrons. The van der Waals surface area contributed by atoms with Gasteiger partial charge in [-0.05, 0) is 31.0 Å². The van der Waals surface area contributed by atoms with Crippen molar-refractivity contribution in [2.45, 2.75) is 19.8 Å². The van der Waals surface area contributed by atoms with Crippen molar-refractivity contribution in [3.63, 3.8) is 0 Å². The molecule has 4 nitrogen and oxygen atoms in total. The van der Waals surface area contributed by atoms with E-state index in [1.807, 2.05) is 29.2 Å². The molecule has 1 aromatic rings. The van der Waals surface area contributed by atoms with Crippen LogP contribution in [-0.2, 0) is 11.2 Å². The molecule has 0 atom stereocenters. The Hall–Kier alpha value is -1.55. The maximum Gasteiger partial charge on any atom is 0.260 e. The molecule has 1 aromatic carbocycles. The predicted octanol–water partition coefficient (Wildman–Crippen LogP) is 1.45. The van der Waals surface area contributed by atoms with Crippen LogP contribution in [0.25, 0.3) is 0 Å². The summed E-state index contributed by atoms with van der Waals surface area (Å²) in [6.45, 7) is 5.68. The number of nitrogens with one attached hydrogen (secondary N) is 1. The van der Waals surface area contributed by atoms with Crippen LogP contribution in [0.1, 0.15) is 18.9 Å². The van der Waals surface area contributed by atoms with Gasteiger partial charge in [0.2, 0.25) is 0 Å². The molecular formula is C15H22N2O2. The first kappa shape index (κ1) is 13.9. The molecule has 0 unspecified atom stereocenters. The van der Waals surface area contributed by atoms with Gasteiger partial charge in [0, 0.05) is 19.6 Å². The topological polar surface area (TPSA) is 41.6 Å². The molecule has 1 heterocycles. The average Bonchev–Trinajstić information content (AvgIpc) is 2.74. The van der Waals surface area contributed by atoms with Crippen LogP contribution in [0.5, 0.6) is 5.75 Å². The summed E-state index contributed by atoms with van der Waals surface area (Å²) in [6, 6.07) is 7.90. The second kappa shape index (κ2) is 7.14. The summed E-state index contributed by atoms with van der Waals surface area (Å²) in [5.74, 6) is 0.904. The smallest absolute Gasteiger partial charge is 0.260 e. The van der Waals surface area contributed by atoms with Crippen LogP contribution in [-0.4, -0.2) is 43.6 Å². The summed E-state index contributed by atoms with van der Waals surface area (Å²) in [4.78, 5) is 14.0. The maximum absolute atomic E-state index is 12.1. The predicted molar refractivity (Wildman–Crippen MR) is 75.4 cm³/mol. The minimum Gasteiger partial charge on any atom is -0.483 e. The molecule has 4 heteroatoms. The molecule has 0 spiro atoms. The number of amides is 1.